The van der Waals surface area contributed by atoms with Crippen molar-refractivity contribution in [2.45, 2.75) is 25.8 Å². The van der Waals surface area contributed by atoms with Crippen molar-refractivity contribution in [2.75, 3.05) is 0 Å². The van der Waals surface area contributed by atoms with E-state index in [9.17, 15) is 0 Å². The highest BCUT2D eigenvalue weighted by Crippen LogP contribution is 2.28. The first-order valence-electron chi connectivity index (χ1n) is 5.51. The highest BCUT2D eigenvalue weighted by atomic mass is 79.9. The molecule has 0 aromatic carbocycles. The quantitative estimate of drug-likeness (QED) is 0.657. The Labute approximate surface area is 113 Å². The highest BCUT2D eigenvalue weighted by Gasteiger charge is 2.17. The summed E-state index contributed by atoms with van der Waals surface area (Å²) < 4.78 is 6.58. The molecule has 0 aliphatic heterocycles. The molecule has 2 heterocycles. The largest absolute Gasteiger partial charge is 0.469 e. The van der Waals surface area contributed by atoms with Crippen LogP contribution in [0.2, 0.25) is 0 Å². The molecular formula is C12H15BrN2OS. The van der Waals surface area contributed by atoms with E-state index < -0.39 is 0 Å². The summed E-state index contributed by atoms with van der Waals surface area (Å²) in [5.74, 6) is 6.65. The van der Waals surface area contributed by atoms with E-state index in [0.717, 1.165) is 28.0 Å². The minimum atomic E-state index is 0.106. The van der Waals surface area contributed by atoms with Gasteiger partial charge in [0, 0.05) is 23.3 Å². The fourth-order valence-corrected chi connectivity index (χ4v) is 3.40. The number of aryl methyl sites for hydroxylation is 1. The predicted molar refractivity (Wildman–Crippen MR) is 73.9 cm³/mol. The summed E-state index contributed by atoms with van der Waals surface area (Å²) in [5.41, 5.74) is 4.02. The first kappa shape index (κ1) is 12.8. The van der Waals surface area contributed by atoms with Gasteiger partial charge in [-0.15, -0.1) is 11.3 Å². The van der Waals surface area contributed by atoms with Gasteiger partial charge >= 0.3 is 0 Å². The Bertz CT molecular complexity index is 480. The Hall–Kier alpha value is -0.620. The van der Waals surface area contributed by atoms with Crippen LogP contribution in [0.25, 0.3) is 0 Å². The van der Waals surface area contributed by atoms with Crippen molar-refractivity contribution in [3.05, 3.63) is 44.4 Å². The second kappa shape index (κ2) is 5.82. The number of rotatable bonds is 5. The van der Waals surface area contributed by atoms with E-state index in [-0.39, 0.29) is 6.04 Å². The predicted octanol–water partition coefficient (Wildman–Crippen LogP) is 3.41. The number of hydrazine groups is 1. The molecule has 0 amide bonds. The lowest BCUT2D eigenvalue weighted by atomic mass is 10.0. The summed E-state index contributed by atoms with van der Waals surface area (Å²) in [6, 6.07) is 6.27. The fourth-order valence-electron chi connectivity index (χ4n) is 1.87. The monoisotopic (exact) mass is 314 g/mol. The number of thiophene rings is 1. The van der Waals surface area contributed by atoms with Gasteiger partial charge in [0.2, 0.25) is 0 Å². The molecule has 0 radical (unpaired) electrons. The number of furan rings is 1. The van der Waals surface area contributed by atoms with E-state index in [1.165, 1.54) is 4.88 Å². The number of nitrogens with one attached hydrogen (secondary N) is 1. The molecule has 2 aromatic heterocycles. The number of hydrogen-bond acceptors (Lipinski definition) is 4. The zero-order valence-electron chi connectivity index (χ0n) is 9.57. The van der Waals surface area contributed by atoms with Gasteiger partial charge in [-0.2, -0.15) is 0 Å². The molecule has 92 valence electrons. The van der Waals surface area contributed by atoms with Gasteiger partial charge in [-0.3, -0.25) is 11.3 Å². The van der Waals surface area contributed by atoms with E-state index in [1.807, 2.05) is 6.07 Å². The second-order valence-electron chi connectivity index (χ2n) is 3.78. The molecule has 3 nitrogen and oxygen atoms in total. The van der Waals surface area contributed by atoms with Gasteiger partial charge in [-0.25, -0.2) is 0 Å². The molecule has 0 saturated heterocycles. The van der Waals surface area contributed by atoms with Crippen molar-refractivity contribution in [2.24, 2.45) is 5.84 Å². The zero-order chi connectivity index (χ0) is 12.3. The van der Waals surface area contributed by atoms with Crippen LogP contribution in [0, 0.1) is 0 Å². The summed E-state index contributed by atoms with van der Waals surface area (Å²) in [5, 5.41) is 0. The lowest BCUT2D eigenvalue weighted by molar-refractivity contribution is 0.488. The molecule has 0 aliphatic rings. The Kier molecular flexibility index (Phi) is 4.39. The molecule has 0 aliphatic carbocycles. The Morgan fingerprint density at radius 3 is 2.88 bits per heavy atom. The van der Waals surface area contributed by atoms with E-state index in [4.69, 9.17) is 10.3 Å². The normalized spacial score (nSPS) is 12.9. The third-order valence-corrected chi connectivity index (χ3v) is 4.36. The van der Waals surface area contributed by atoms with Crippen LogP contribution in [0.1, 0.15) is 29.2 Å². The molecule has 1 atom stereocenters. The summed E-state index contributed by atoms with van der Waals surface area (Å²) >= 11 is 5.20. The van der Waals surface area contributed by atoms with Crippen molar-refractivity contribution in [1.29, 1.82) is 0 Å². The first-order chi connectivity index (χ1) is 8.24. The van der Waals surface area contributed by atoms with Crippen molar-refractivity contribution in [1.82, 2.24) is 5.43 Å². The van der Waals surface area contributed by atoms with Crippen molar-refractivity contribution in [3.8, 4) is 0 Å². The SMILES string of the molecule is CCc1occc1C(Cc1ccc(Br)s1)NN. The van der Waals surface area contributed by atoms with E-state index in [1.54, 1.807) is 17.6 Å². The number of nitrogens with two attached hydrogens (primary N) is 1. The fraction of sp³-hybridized carbons (Fsp3) is 0.333. The van der Waals surface area contributed by atoms with Crippen LogP contribution in [0.15, 0.2) is 32.7 Å². The topological polar surface area (TPSA) is 51.2 Å². The Balaban J connectivity index is 2.16. The molecule has 3 N–H and O–H groups in total. The summed E-state index contributed by atoms with van der Waals surface area (Å²) in [6.07, 6.45) is 3.48. The van der Waals surface area contributed by atoms with Crippen LogP contribution in [0.4, 0.5) is 0 Å². The lowest BCUT2D eigenvalue weighted by Gasteiger charge is -2.14. The molecule has 5 heteroatoms. The van der Waals surface area contributed by atoms with Crippen molar-refractivity contribution in [3.63, 3.8) is 0 Å². The van der Waals surface area contributed by atoms with Crippen LogP contribution in [0.3, 0.4) is 0 Å². The molecule has 1 unspecified atom stereocenters. The van der Waals surface area contributed by atoms with Crippen LogP contribution >= 0.6 is 27.3 Å². The molecule has 0 bridgehead atoms. The van der Waals surface area contributed by atoms with Crippen LogP contribution in [-0.4, -0.2) is 0 Å². The minimum Gasteiger partial charge on any atom is -0.469 e. The van der Waals surface area contributed by atoms with Crippen LogP contribution in [0.5, 0.6) is 0 Å². The zero-order valence-corrected chi connectivity index (χ0v) is 12.0. The maximum atomic E-state index is 5.64. The lowest BCUT2D eigenvalue weighted by Crippen LogP contribution is -2.29. The third-order valence-electron chi connectivity index (χ3n) is 2.71. The summed E-state index contributed by atoms with van der Waals surface area (Å²) in [7, 11) is 0. The number of halogens is 1. The smallest absolute Gasteiger partial charge is 0.108 e. The third kappa shape index (κ3) is 2.98. The first-order valence-corrected chi connectivity index (χ1v) is 7.12. The summed E-state index contributed by atoms with van der Waals surface area (Å²) in [4.78, 5) is 1.29. The van der Waals surface area contributed by atoms with E-state index in [0.29, 0.717) is 0 Å². The van der Waals surface area contributed by atoms with Gasteiger partial charge in [0.05, 0.1) is 16.1 Å². The maximum absolute atomic E-state index is 5.64. The minimum absolute atomic E-state index is 0.106. The van der Waals surface area contributed by atoms with Gasteiger partial charge in [-0.05, 0) is 34.1 Å². The second-order valence-corrected chi connectivity index (χ2v) is 6.33. The van der Waals surface area contributed by atoms with Gasteiger partial charge < -0.3 is 4.42 Å². The van der Waals surface area contributed by atoms with E-state index in [2.05, 4.69) is 40.4 Å². The molecule has 0 saturated carbocycles. The van der Waals surface area contributed by atoms with Gasteiger partial charge in [-0.1, -0.05) is 6.92 Å². The van der Waals surface area contributed by atoms with E-state index >= 15 is 0 Å². The molecule has 2 rings (SSSR count). The van der Waals surface area contributed by atoms with Gasteiger partial charge in [0.25, 0.3) is 0 Å². The number of hydrogen-bond donors (Lipinski definition) is 2. The van der Waals surface area contributed by atoms with Crippen molar-refractivity contribution < 1.29 is 4.42 Å². The standard InChI is InChI=1S/C12H15BrN2OS/c1-2-11-9(5-6-16-11)10(15-14)7-8-3-4-12(13)17-8/h3-6,10,15H,2,7,14H2,1H3. The molecule has 0 fully saturated rings. The maximum Gasteiger partial charge on any atom is 0.108 e. The van der Waals surface area contributed by atoms with Gasteiger partial charge in [0.15, 0.2) is 0 Å². The Morgan fingerprint density at radius 1 is 1.47 bits per heavy atom. The average Bonchev–Trinajstić information content (AvgIpc) is 2.94. The summed E-state index contributed by atoms with van der Waals surface area (Å²) in [6.45, 7) is 2.08. The highest BCUT2D eigenvalue weighted by molar-refractivity contribution is 9.11. The molecule has 0 spiro atoms. The average molecular weight is 315 g/mol. The molecule has 17 heavy (non-hydrogen) atoms. The Morgan fingerprint density at radius 2 is 2.29 bits per heavy atom. The van der Waals surface area contributed by atoms with Gasteiger partial charge in [0.1, 0.15) is 5.76 Å². The van der Waals surface area contributed by atoms with Crippen LogP contribution < -0.4 is 11.3 Å². The van der Waals surface area contributed by atoms with Crippen LogP contribution in [-0.2, 0) is 12.8 Å². The van der Waals surface area contributed by atoms with Crippen molar-refractivity contribution >= 4 is 27.3 Å². The molecule has 2 aromatic rings. The molecular weight excluding hydrogens is 300 g/mol.